The van der Waals surface area contributed by atoms with Crippen LogP contribution in [0.3, 0.4) is 0 Å². The van der Waals surface area contributed by atoms with E-state index >= 15 is 0 Å². The number of pyridine rings is 2. The highest BCUT2D eigenvalue weighted by Gasteiger charge is 2.28. The van der Waals surface area contributed by atoms with Crippen LogP contribution in [0.4, 0.5) is 4.39 Å². The van der Waals surface area contributed by atoms with Gasteiger partial charge in [-0.2, -0.15) is 0 Å². The normalized spacial score (nSPS) is 18.5. The molecule has 1 aromatic carbocycles. The van der Waals surface area contributed by atoms with Gasteiger partial charge in [-0.05, 0) is 55.7 Å². The van der Waals surface area contributed by atoms with Crippen molar-refractivity contribution >= 4 is 22.5 Å². The molecule has 1 aliphatic rings. The number of benzene rings is 1. The highest BCUT2D eigenvalue weighted by molar-refractivity contribution is 6.30. The van der Waals surface area contributed by atoms with Gasteiger partial charge in [0.05, 0.1) is 22.7 Å². The topological polar surface area (TPSA) is 69.9 Å². The van der Waals surface area contributed by atoms with Crippen molar-refractivity contribution < 1.29 is 9.13 Å². The molecule has 0 radical (unpaired) electrons. The summed E-state index contributed by atoms with van der Waals surface area (Å²) in [5.74, 6) is 0.109. The molecule has 3 aromatic heterocycles. The maximum atomic E-state index is 15.0. The second-order valence-corrected chi connectivity index (χ2v) is 8.74. The predicted octanol–water partition coefficient (Wildman–Crippen LogP) is 5.13. The Morgan fingerprint density at radius 3 is 2.82 bits per heavy atom. The maximum absolute atomic E-state index is 15.0. The molecule has 1 saturated heterocycles. The molecule has 2 atom stereocenters. The lowest BCUT2D eigenvalue weighted by Crippen LogP contribution is -2.23. The van der Waals surface area contributed by atoms with Gasteiger partial charge in [0.15, 0.2) is 0 Å². The Hall–Kier alpha value is -3.16. The molecule has 0 N–H and O–H groups in total. The van der Waals surface area contributed by atoms with Crippen molar-refractivity contribution in [1.82, 2.24) is 19.5 Å². The summed E-state index contributed by atoms with van der Waals surface area (Å²) in [5, 5.41) is 0.575. The highest BCUT2D eigenvalue weighted by atomic mass is 35.5. The minimum absolute atomic E-state index is 0.0635. The summed E-state index contributed by atoms with van der Waals surface area (Å²) < 4.78 is 22.4. The van der Waals surface area contributed by atoms with E-state index in [0.29, 0.717) is 29.8 Å². The molecule has 1 fully saturated rings. The summed E-state index contributed by atoms with van der Waals surface area (Å²) in [6, 6.07) is 10.1. The van der Waals surface area contributed by atoms with Crippen molar-refractivity contribution in [2.75, 3.05) is 6.61 Å². The molecule has 8 heteroatoms. The molecule has 0 aliphatic carbocycles. The van der Waals surface area contributed by atoms with Crippen molar-refractivity contribution in [2.24, 2.45) is 7.05 Å². The number of aryl methyl sites for hydroxylation is 1. The fourth-order valence-corrected chi connectivity index (χ4v) is 4.52. The summed E-state index contributed by atoms with van der Waals surface area (Å²) in [5.41, 5.74) is 2.54. The Morgan fingerprint density at radius 2 is 2.06 bits per heavy atom. The van der Waals surface area contributed by atoms with Crippen LogP contribution in [-0.4, -0.2) is 26.1 Å². The van der Waals surface area contributed by atoms with E-state index in [2.05, 4.69) is 9.97 Å². The third-order valence-corrected chi connectivity index (χ3v) is 6.48. The number of aromatic nitrogens is 4. The number of fused-ring (bicyclic) bond motifs is 1. The van der Waals surface area contributed by atoms with Crippen molar-refractivity contribution in [3.63, 3.8) is 0 Å². The van der Waals surface area contributed by atoms with Gasteiger partial charge < -0.3 is 4.74 Å². The molecule has 6 nitrogen and oxygen atoms in total. The fourth-order valence-electron chi connectivity index (χ4n) is 4.36. The molecule has 0 spiro atoms. The maximum Gasteiger partial charge on any atom is 0.263 e. The summed E-state index contributed by atoms with van der Waals surface area (Å²) >= 11 is 5.97. The SMILES string of the molecule is Cc1nc2cc([C@@H]3CCO[C@@H](c4cccnc4)C3)nc(-c3ccc(Cl)cc3F)c2c(=O)n1C. The average Bonchev–Trinajstić information content (AvgIpc) is 2.82. The second-order valence-electron chi connectivity index (χ2n) is 8.30. The highest BCUT2D eigenvalue weighted by Crippen LogP contribution is 2.38. The molecule has 0 unspecified atom stereocenters. The van der Waals surface area contributed by atoms with E-state index in [1.54, 1.807) is 32.3 Å². The van der Waals surface area contributed by atoms with Crippen LogP contribution in [0.1, 0.15) is 41.9 Å². The third kappa shape index (κ3) is 4.03. The fraction of sp³-hybridized carbons (Fsp3) is 0.280. The quantitative estimate of drug-likeness (QED) is 0.420. The van der Waals surface area contributed by atoms with Crippen LogP contribution in [0.25, 0.3) is 22.2 Å². The zero-order chi connectivity index (χ0) is 23.1. The van der Waals surface area contributed by atoms with Crippen molar-refractivity contribution in [3.8, 4) is 11.3 Å². The predicted molar refractivity (Wildman–Crippen MR) is 125 cm³/mol. The molecule has 0 bridgehead atoms. The average molecular weight is 465 g/mol. The largest absolute Gasteiger partial charge is 0.373 e. The first-order valence-corrected chi connectivity index (χ1v) is 11.2. The Balaban J connectivity index is 1.67. The molecule has 168 valence electrons. The van der Waals surface area contributed by atoms with Crippen LogP contribution >= 0.6 is 11.6 Å². The molecule has 4 heterocycles. The number of rotatable bonds is 3. The lowest BCUT2D eigenvalue weighted by Gasteiger charge is -2.29. The van der Waals surface area contributed by atoms with Crippen molar-refractivity contribution in [2.45, 2.75) is 31.8 Å². The summed E-state index contributed by atoms with van der Waals surface area (Å²) in [7, 11) is 1.65. The van der Waals surface area contributed by atoms with Gasteiger partial charge in [0, 0.05) is 48.2 Å². The number of nitrogens with zero attached hydrogens (tertiary/aromatic N) is 4. The minimum Gasteiger partial charge on any atom is -0.373 e. The van der Waals surface area contributed by atoms with Crippen LogP contribution in [0.5, 0.6) is 0 Å². The Bertz CT molecular complexity index is 1410. The van der Waals surface area contributed by atoms with Crippen molar-refractivity contribution in [3.05, 3.63) is 87.1 Å². The van der Waals surface area contributed by atoms with E-state index in [1.165, 1.54) is 10.6 Å². The lowest BCUT2D eigenvalue weighted by atomic mass is 9.89. The van der Waals surface area contributed by atoms with Gasteiger partial charge in [0.2, 0.25) is 0 Å². The monoisotopic (exact) mass is 464 g/mol. The lowest BCUT2D eigenvalue weighted by molar-refractivity contribution is 0.00449. The van der Waals surface area contributed by atoms with Crippen LogP contribution in [-0.2, 0) is 11.8 Å². The summed E-state index contributed by atoms with van der Waals surface area (Å²) in [6.45, 7) is 2.34. The van der Waals surface area contributed by atoms with E-state index in [4.69, 9.17) is 21.3 Å². The molecular weight excluding hydrogens is 443 g/mol. The van der Waals surface area contributed by atoms with E-state index in [-0.39, 0.29) is 33.9 Å². The first-order chi connectivity index (χ1) is 15.9. The van der Waals surface area contributed by atoms with E-state index in [0.717, 1.165) is 17.7 Å². The van der Waals surface area contributed by atoms with Gasteiger partial charge in [-0.3, -0.25) is 19.3 Å². The van der Waals surface area contributed by atoms with E-state index in [1.807, 2.05) is 24.4 Å². The van der Waals surface area contributed by atoms with E-state index < -0.39 is 5.82 Å². The molecule has 0 amide bonds. The molecule has 1 aliphatic heterocycles. The Kier molecular flexibility index (Phi) is 5.68. The van der Waals surface area contributed by atoms with Crippen LogP contribution in [0, 0.1) is 12.7 Å². The summed E-state index contributed by atoms with van der Waals surface area (Å²) in [6.07, 6.45) is 4.90. The molecule has 5 rings (SSSR count). The molecule has 0 saturated carbocycles. The van der Waals surface area contributed by atoms with Gasteiger partial charge in [0.1, 0.15) is 11.6 Å². The van der Waals surface area contributed by atoms with Gasteiger partial charge in [-0.25, -0.2) is 9.37 Å². The Labute approximate surface area is 195 Å². The second kappa shape index (κ2) is 8.65. The first kappa shape index (κ1) is 21.7. The molecule has 4 aromatic rings. The van der Waals surface area contributed by atoms with Gasteiger partial charge in [0.25, 0.3) is 5.56 Å². The minimum atomic E-state index is -0.531. The van der Waals surface area contributed by atoms with Crippen LogP contribution < -0.4 is 5.56 Å². The van der Waals surface area contributed by atoms with Gasteiger partial charge in [-0.1, -0.05) is 17.7 Å². The zero-order valence-corrected chi connectivity index (χ0v) is 19.0. The Morgan fingerprint density at radius 1 is 1.21 bits per heavy atom. The van der Waals surface area contributed by atoms with E-state index in [9.17, 15) is 9.18 Å². The number of hydrogen-bond donors (Lipinski definition) is 0. The first-order valence-electron chi connectivity index (χ1n) is 10.8. The number of hydrogen-bond acceptors (Lipinski definition) is 5. The zero-order valence-electron chi connectivity index (χ0n) is 18.3. The van der Waals surface area contributed by atoms with Crippen LogP contribution in [0.2, 0.25) is 5.02 Å². The summed E-state index contributed by atoms with van der Waals surface area (Å²) in [4.78, 5) is 26.8. The molecule has 33 heavy (non-hydrogen) atoms. The number of ether oxygens (including phenoxy) is 1. The molecular formula is C25H22ClFN4O2. The van der Waals surface area contributed by atoms with Gasteiger partial charge >= 0.3 is 0 Å². The van der Waals surface area contributed by atoms with Gasteiger partial charge in [-0.15, -0.1) is 0 Å². The third-order valence-electron chi connectivity index (χ3n) is 6.25. The number of halogens is 2. The smallest absolute Gasteiger partial charge is 0.263 e. The van der Waals surface area contributed by atoms with Crippen LogP contribution in [0.15, 0.2) is 53.6 Å². The standard InChI is InChI=1S/C25H22ClFN4O2/c1-14-29-21-12-20(15-7-9-33-22(10-15)16-4-3-8-28-13-16)30-24(23(21)25(32)31(14)2)18-6-5-17(26)11-19(18)27/h3-6,8,11-13,15,22H,7,9-10H2,1-2H3/t15-,22-/m1/s1. The van der Waals surface area contributed by atoms with Crippen molar-refractivity contribution in [1.29, 1.82) is 0 Å².